The maximum absolute atomic E-state index is 9.63. The molecule has 3 heteroatoms. The maximum Gasteiger partial charge on any atom is 0.115 e. The number of thiophene rings is 1. The Morgan fingerprint density at radius 2 is 2.28 bits per heavy atom. The van der Waals surface area contributed by atoms with Gasteiger partial charge in [0.2, 0.25) is 0 Å². The Kier molecular flexibility index (Phi) is 3.35. The lowest BCUT2D eigenvalue weighted by Gasteiger charge is -2.26. The van der Waals surface area contributed by atoms with E-state index in [1.807, 2.05) is 6.07 Å². The molecule has 2 nitrogen and oxygen atoms in total. The quantitative estimate of drug-likeness (QED) is 0.882. The van der Waals surface area contributed by atoms with E-state index in [0.29, 0.717) is 11.8 Å². The number of fused-ring (bicyclic) bond motifs is 1. The fraction of sp³-hybridized carbons (Fsp3) is 0.333. The number of hydrogen-bond acceptors (Lipinski definition) is 3. The highest BCUT2D eigenvalue weighted by Crippen LogP contribution is 2.32. The zero-order valence-electron chi connectivity index (χ0n) is 10.2. The van der Waals surface area contributed by atoms with E-state index in [0.717, 1.165) is 19.4 Å². The van der Waals surface area contributed by atoms with Crippen molar-refractivity contribution in [3.05, 3.63) is 51.7 Å². The van der Waals surface area contributed by atoms with E-state index >= 15 is 0 Å². The van der Waals surface area contributed by atoms with Gasteiger partial charge in [-0.05, 0) is 54.0 Å². The summed E-state index contributed by atoms with van der Waals surface area (Å²) in [6.45, 7) is 0.914. The smallest absolute Gasteiger partial charge is 0.115 e. The van der Waals surface area contributed by atoms with Gasteiger partial charge >= 0.3 is 0 Å². The van der Waals surface area contributed by atoms with Crippen LogP contribution < -0.4 is 5.32 Å². The molecular weight excluding hydrogens is 242 g/mol. The van der Waals surface area contributed by atoms with Crippen molar-refractivity contribution in [1.29, 1.82) is 0 Å². The average molecular weight is 259 g/mol. The molecule has 1 unspecified atom stereocenters. The Morgan fingerprint density at radius 3 is 3.11 bits per heavy atom. The third-order valence-corrected chi connectivity index (χ3v) is 4.42. The summed E-state index contributed by atoms with van der Waals surface area (Å²) < 4.78 is 0. The summed E-state index contributed by atoms with van der Waals surface area (Å²) in [4.78, 5) is 1.36. The summed E-state index contributed by atoms with van der Waals surface area (Å²) in [5, 5.41) is 15.3. The molecule has 1 atom stereocenters. The molecule has 0 spiro atoms. The summed E-state index contributed by atoms with van der Waals surface area (Å²) in [6, 6.07) is 10.4. The van der Waals surface area contributed by atoms with Gasteiger partial charge < -0.3 is 10.4 Å². The van der Waals surface area contributed by atoms with E-state index in [-0.39, 0.29) is 0 Å². The van der Waals surface area contributed by atoms with Gasteiger partial charge in [-0.1, -0.05) is 12.1 Å². The maximum atomic E-state index is 9.63. The number of aromatic hydroxyl groups is 1. The molecule has 3 rings (SSSR count). The van der Waals surface area contributed by atoms with Crippen LogP contribution in [0.4, 0.5) is 0 Å². The van der Waals surface area contributed by atoms with Gasteiger partial charge in [-0.25, -0.2) is 0 Å². The van der Waals surface area contributed by atoms with Crippen molar-refractivity contribution in [1.82, 2.24) is 5.32 Å². The Balaban J connectivity index is 1.76. The molecule has 18 heavy (non-hydrogen) atoms. The highest BCUT2D eigenvalue weighted by Gasteiger charge is 2.20. The Bertz CT molecular complexity index is 521. The summed E-state index contributed by atoms with van der Waals surface area (Å²) in [6.07, 6.45) is 3.51. The van der Waals surface area contributed by atoms with Crippen LogP contribution in [0.1, 0.15) is 34.9 Å². The number of phenols is 1. The highest BCUT2D eigenvalue weighted by molar-refractivity contribution is 7.09. The van der Waals surface area contributed by atoms with Crippen molar-refractivity contribution in [3.8, 4) is 5.75 Å². The number of benzene rings is 1. The standard InChI is InChI=1S/C15H17NOS/c17-12-7-6-11-3-1-5-15(14(11)9-12)16-10-13-4-2-8-18-13/h2,4,6-9,15-17H,1,3,5,10H2. The minimum atomic E-state index is 0.374. The van der Waals surface area contributed by atoms with Crippen LogP contribution in [-0.2, 0) is 13.0 Å². The molecule has 0 amide bonds. The molecule has 0 radical (unpaired) electrons. The van der Waals surface area contributed by atoms with E-state index in [4.69, 9.17) is 0 Å². The SMILES string of the molecule is Oc1ccc2c(c1)C(NCc1cccs1)CCC2. The Hall–Kier alpha value is -1.32. The predicted molar refractivity (Wildman–Crippen MR) is 74.9 cm³/mol. The van der Waals surface area contributed by atoms with E-state index in [2.05, 4.69) is 28.9 Å². The van der Waals surface area contributed by atoms with Crippen LogP contribution >= 0.6 is 11.3 Å². The van der Waals surface area contributed by atoms with Gasteiger partial charge in [-0.15, -0.1) is 11.3 Å². The van der Waals surface area contributed by atoms with Gasteiger partial charge in [-0.3, -0.25) is 0 Å². The van der Waals surface area contributed by atoms with Crippen molar-refractivity contribution >= 4 is 11.3 Å². The molecule has 2 aromatic rings. The fourth-order valence-corrected chi connectivity index (χ4v) is 3.29. The van der Waals surface area contributed by atoms with E-state index < -0.39 is 0 Å². The molecule has 1 aromatic heterocycles. The molecule has 1 aromatic carbocycles. The first-order valence-electron chi connectivity index (χ1n) is 6.40. The third-order valence-electron chi connectivity index (χ3n) is 3.55. The monoisotopic (exact) mass is 259 g/mol. The van der Waals surface area contributed by atoms with E-state index in [1.54, 1.807) is 17.4 Å². The molecular formula is C15H17NOS. The molecule has 1 aliphatic carbocycles. The largest absolute Gasteiger partial charge is 0.508 e. The average Bonchev–Trinajstić information content (AvgIpc) is 2.89. The minimum Gasteiger partial charge on any atom is -0.508 e. The van der Waals surface area contributed by atoms with Crippen LogP contribution in [-0.4, -0.2) is 5.11 Å². The first-order valence-corrected chi connectivity index (χ1v) is 7.28. The van der Waals surface area contributed by atoms with Crippen molar-refractivity contribution in [2.24, 2.45) is 0 Å². The van der Waals surface area contributed by atoms with Crippen LogP contribution in [0, 0.1) is 0 Å². The molecule has 0 fully saturated rings. The topological polar surface area (TPSA) is 32.3 Å². The lowest BCUT2D eigenvalue weighted by molar-refractivity contribution is 0.447. The summed E-state index contributed by atoms with van der Waals surface area (Å²) in [5.41, 5.74) is 2.65. The number of phenolic OH excluding ortho intramolecular Hbond substituents is 1. The van der Waals surface area contributed by atoms with Crippen LogP contribution in [0.5, 0.6) is 5.75 Å². The van der Waals surface area contributed by atoms with E-state index in [9.17, 15) is 5.11 Å². The lowest BCUT2D eigenvalue weighted by Crippen LogP contribution is -2.24. The van der Waals surface area contributed by atoms with Gasteiger partial charge in [0.25, 0.3) is 0 Å². The minimum absolute atomic E-state index is 0.374. The second-order valence-corrected chi connectivity index (χ2v) is 5.82. The summed E-state index contributed by atoms with van der Waals surface area (Å²) in [7, 11) is 0. The Labute approximate surface area is 111 Å². The van der Waals surface area contributed by atoms with Crippen molar-refractivity contribution in [2.75, 3.05) is 0 Å². The molecule has 0 aliphatic heterocycles. The first-order chi connectivity index (χ1) is 8.83. The summed E-state index contributed by atoms with van der Waals surface area (Å²) in [5.74, 6) is 0.374. The van der Waals surface area contributed by atoms with Crippen molar-refractivity contribution in [3.63, 3.8) is 0 Å². The van der Waals surface area contributed by atoms with Gasteiger partial charge in [0.05, 0.1) is 0 Å². The molecule has 0 bridgehead atoms. The molecule has 0 saturated heterocycles. The first kappa shape index (κ1) is 11.8. The second kappa shape index (κ2) is 5.12. The molecule has 94 valence electrons. The highest BCUT2D eigenvalue weighted by atomic mass is 32.1. The van der Waals surface area contributed by atoms with E-state index in [1.165, 1.54) is 22.4 Å². The second-order valence-electron chi connectivity index (χ2n) is 4.79. The predicted octanol–water partition coefficient (Wildman–Crippen LogP) is 3.62. The van der Waals surface area contributed by atoms with Gasteiger partial charge in [0.15, 0.2) is 0 Å². The molecule has 2 N–H and O–H groups in total. The van der Waals surface area contributed by atoms with Crippen LogP contribution in [0.15, 0.2) is 35.7 Å². The van der Waals surface area contributed by atoms with Gasteiger partial charge in [0.1, 0.15) is 5.75 Å². The van der Waals surface area contributed by atoms with Crippen molar-refractivity contribution < 1.29 is 5.11 Å². The van der Waals surface area contributed by atoms with Gasteiger partial charge in [0, 0.05) is 17.5 Å². The third kappa shape index (κ3) is 2.42. The molecule has 0 saturated carbocycles. The zero-order chi connectivity index (χ0) is 12.4. The lowest BCUT2D eigenvalue weighted by atomic mass is 9.87. The van der Waals surface area contributed by atoms with Crippen LogP contribution in [0.2, 0.25) is 0 Å². The zero-order valence-corrected chi connectivity index (χ0v) is 11.0. The number of nitrogens with one attached hydrogen (secondary N) is 1. The van der Waals surface area contributed by atoms with Crippen LogP contribution in [0.3, 0.4) is 0 Å². The summed E-state index contributed by atoms with van der Waals surface area (Å²) >= 11 is 1.78. The van der Waals surface area contributed by atoms with Crippen molar-refractivity contribution in [2.45, 2.75) is 31.8 Å². The molecule has 1 heterocycles. The fourth-order valence-electron chi connectivity index (χ4n) is 2.64. The normalized spacial score (nSPS) is 18.6. The number of hydrogen-bond donors (Lipinski definition) is 2. The van der Waals surface area contributed by atoms with Gasteiger partial charge in [-0.2, -0.15) is 0 Å². The Morgan fingerprint density at radius 1 is 1.33 bits per heavy atom. The number of rotatable bonds is 3. The van der Waals surface area contributed by atoms with Crippen LogP contribution in [0.25, 0.3) is 0 Å². The molecule has 1 aliphatic rings. The number of aryl methyl sites for hydroxylation is 1.